The van der Waals surface area contributed by atoms with Crippen LogP contribution in [-0.2, 0) is 4.79 Å². The summed E-state index contributed by atoms with van der Waals surface area (Å²) in [4.78, 5) is 37.4. The van der Waals surface area contributed by atoms with Crippen LogP contribution in [0.25, 0.3) is 0 Å². The molecule has 35 heavy (non-hydrogen) atoms. The van der Waals surface area contributed by atoms with E-state index in [0.29, 0.717) is 28.2 Å². The summed E-state index contributed by atoms with van der Waals surface area (Å²) in [5.41, 5.74) is 5.10. The van der Waals surface area contributed by atoms with Gasteiger partial charge in [-0.2, -0.15) is 10.1 Å². The van der Waals surface area contributed by atoms with E-state index < -0.39 is 11.8 Å². The molecular formula is C27H25N3O5. The molecule has 8 nitrogen and oxygen atoms in total. The molecule has 0 atom stereocenters. The zero-order valence-corrected chi connectivity index (χ0v) is 19.9. The Labute approximate surface area is 203 Å². The number of hydrazone groups is 1. The molecule has 1 heterocycles. The predicted octanol–water partition coefficient (Wildman–Crippen LogP) is 4.27. The van der Waals surface area contributed by atoms with E-state index in [1.165, 1.54) is 13.3 Å². The van der Waals surface area contributed by atoms with E-state index in [9.17, 15) is 14.4 Å². The second-order valence-corrected chi connectivity index (χ2v) is 8.23. The number of carbonyl (C=O) groups is 3. The fraction of sp³-hybridized carbons (Fsp3) is 0.185. The van der Waals surface area contributed by atoms with E-state index in [0.717, 1.165) is 27.4 Å². The number of methoxy groups -OCH3 is 1. The van der Waals surface area contributed by atoms with Gasteiger partial charge in [-0.3, -0.25) is 14.4 Å². The van der Waals surface area contributed by atoms with Gasteiger partial charge >= 0.3 is 0 Å². The summed E-state index contributed by atoms with van der Waals surface area (Å²) in [6, 6.07) is 15.6. The lowest BCUT2D eigenvalue weighted by Crippen LogP contribution is -2.24. The summed E-state index contributed by atoms with van der Waals surface area (Å²) in [5, 5.41) is 7.80. The third kappa shape index (κ3) is 4.91. The number of benzene rings is 3. The molecule has 3 aromatic carbocycles. The Morgan fingerprint density at radius 3 is 2.17 bits per heavy atom. The van der Waals surface area contributed by atoms with Crippen LogP contribution in [0.2, 0.25) is 0 Å². The molecule has 0 saturated carbocycles. The van der Waals surface area contributed by atoms with E-state index in [1.807, 2.05) is 32.9 Å². The number of hydrogen-bond donors (Lipinski definition) is 1. The van der Waals surface area contributed by atoms with Crippen LogP contribution in [0.1, 0.15) is 43.0 Å². The van der Waals surface area contributed by atoms with Crippen LogP contribution in [0.5, 0.6) is 11.5 Å². The molecule has 0 unspecified atom stereocenters. The van der Waals surface area contributed by atoms with Gasteiger partial charge in [-0.25, -0.2) is 0 Å². The number of ether oxygens (including phenoxy) is 2. The van der Waals surface area contributed by atoms with E-state index in [1.54, 1.807) is 42.5 Å². The van der Waals surface area contributed by atoms with Gasteiger partial charge in [0.15, 0.2) is 18.1 Å². The largest absolute Gasteiger partial charge is 0.493 e. The molecule has 3 amide bonds. The molecule has 0 radical (unpaired) electrons. The summed E-state index contributed by atoms with van der Waals surface area (Å²) < 4.78 is 11.1. The number of nitrogens with one attached hydrogen (secondary N) is 1. The number of nitrogens with zero attached hydrogens (tertiary/aromatic N) is 2. The monoisotopic (exact) mass is 471 g/mol. The number of aryl methyl sites for hydroxylation is 3. The maximum Gasteiger partial charge on any atom is 0.282 e. The molecule has 0 aromatic heterocycles. The van der Waals surface area contributed by atoms with Crippen molar-refractivity contribution in [2.45, 2.75) is 20.8 Å². The Morgan fingerprint density at radius 1 is 0.943 bits per heavy atom. The number of imide groups is 1. The minimum Gasteiger partial charge on any atom is -0.493 e. The number of carbonyl (C=O) groups excluding carboxylic acids is 3. The highest BCUT2D eigenvalue weighted by molar-refractivity contribution is 6.21. The Morgan fingerprint density at radius 2 is 1.57 bits per heavy atom. The Kier molecular flexibility index (Phi) is 6.64. The van der Waals surface area contributed by atoms with Crippen molar-refractivity contribution in [1.29, 1.82) is 0 Å². The highest BCUT2D eigenvalue weighted by atomic mass is 16.5. The topological polar surface area (TPSA) is 97.3 Å². The standard InChI is InChI=1S/C27H25N3O5/c1-16-11-17(2)25(18(3)12-16)29-24(31)15-35-22-10-9-19(13-23(22)34-4)14-28-30-26(32)20-7-5-6-8-21(20)27(30)33/h5-14H,15H2,1-4H3,(H,29,31)/b28-14-. The molecule has 1 aliphatic rings. The maximum atomic E-state index is 12.5. The van der Waals surface area contributed by atoms with Gasteiger partial charge in [0.05, 0.1) is 24.5 Å². The van der Waals surface area contributed by atoms with Crippen LogP contribution in [0, 0.1) is 20.8 Å². The molecule has 178 valence electrons. The van der Waals surface area contributed by atoms with Gasteiger partial charge in [0.25, 0.3) is 17.7 Å². The normalized spacial score (nSPS) is 12.7. The lowest BCUT2D eigenvalue weighted by Gasteiger charge is -2.14. The quantitative estimate of drug-likeness (QED) is 0.410. The van der Waals surface area contributed by atoms with Gasteiger partial charge in [0.1, 0.15) is 0 Å². The van der Waals surface area contributed by atoms with Crippen LogP contribution in [0.3, 0.4) is 0 Å². The number of rotatable bonds is 7. The van der Waals surface area contributed by atoms with E-state index >= 15 is 0 Å². The van der Waals surface area contributed by atoms with Gasteiger partial charge in [-0.05, 0) is 67.8 Å². The SMILES string of the molecule is COc1cc(/C=N\N2C(=O)c3ccccc3C2=O)ccc1OCC(=O)Nc1c(C)cc(C)cc1C. The van der Waals surface area contributed by atoms with Gasteiger partial charge < -0.3 is 14.8 Å². The second kappa shape index (κ2) is 9.80. The Balaban J connectivity index is 1.42. The third-order valence-electron chi connectivity index (χ3n) is 5.58. The molecule has 8 heteroatoms. The fourth-order valence-corrected chi connectivity index (χ4v) is 3.99. The van der Waals surface area contributed by atoms with Gasteiger partial charge in [-0.1, -0.05) is 29.8 Å². The highest BCUT2D eigenvalue weighted by Crippen LogP contribution is 2.28. The minimum atomic E-state index is -0.473. The van der Waals surface area contributed by atoms with E-state index in [2.05, 4.69) is 10.4 Å². The molecular weight excluding hydrogens is 446 g/mol. The van der Waals surface area contributed by atoms with Gasteiger partial charge in [0, 0.05) is 5.69 Å². The van der Waals surface area contributed by atoms with Crippen molar-refractivity contribution >= 4 is 29.6 Å². The highest BCUT2D eigenvalue weighted by Gasteiger charge is 2.35. The van der Waals surface area contributed by atoms with Crippen molar-refractivity contribution in [2.75, 3.05) is 19.0 Å². The first kappa shape index (κ1) is 23.7. The van der Waals surface area contributed by atoms with Crippen molar-refractivity contribution in [2.24, 2.45) is 5.10 Å². The third-order valence-corrected chi connectivity index (χ3v) is 5.58. The average Bonchev–Trinajstić information content (AvgIpc) is 3.08. The van der Waals surface area contributed by atoms with Crippen LogP contribution >= 0.6 is 0 Å². The molecule has 0 aliphatic carbocycles. The minimum absolute atomic E-state index is 0.203. The lowest BCUT2D eigenvalue weighted by molar-refractivity contribution is -0.118. The molecule has 4 rings (SSSR count). The summed E-state index contributed by atoms with van der Waals surface area (Å²) in [6.07, 6.45) is 1.39. The predicted molar refractivity (Wildman–Crippen MR) is 132 cm³/mol. The molecule has 0 fully saturated rings. The summed E-state index contributed by atoms with van der Waals surface area (Å²) in [7, 11) is 1.48. The second-order valence-electron chi connectivity index (χ2n) is 8.23. The van der Waals surface area contributed by atoms with Crippen molar-refractivity contribution in [3.8, 4) is 11.5 Å². The Hall–Kier alpha value is -4.46. The average molecular weight is 472 g/mol. The van der Waals surface area contributed by atoms with Crippen molar-refractivity contribution in [3.63, 3.8) is 0 Å². The zero-order valence-electron chi connectivity index (χ0n) is 19.9. The first-order valence-corrected chi connectivity index (χ1v) is 11.0. The number of anilines is 1. The van der Waals surface area contributed by atoms with Crippen molar-refractivity contribution in [1.82, 2.24) is 5.01 Å². The molecule has 0 saturated heterocycles. The van der Waals surface area contributed by atoms with E-state index in [4.69, 9.17) is 9.47 Å². The summed E-state index contributed by atoms with van der Waals surface area (Å²) >= 11 is 0. The first-order chi connectivity index (χ1) is 16.8. The summed E-state index contributed by atoms with van der Waals surface area (Å²) in [6.45, 7) is 5.70. The molecule has 1 N–H and O–H groups in total. The maximum absolute atomic E-state index is 12.5. The number of amides is 3. The Bertz CT molecular complexity index is 1300. The van der Waals surface area contributed by atoms with Gasteiger partial charge in [-0.15, -0.1) is 0 Å². The molecule has 0 spiro atoms. The first-order valence-electron chi connectivity index (χ1n) is 11.0. The van der Waals surface area contributed by atoms with Gasteiger partial charge in [0.2, 0.25) is 0 Å². The fourth-order valence-electron chi connectivity index (χ4n) is 3.99. The van der Waals surface area contributed by atoms with Crippen LogP contribution < -0.4 is 14.8 Å². The van der Waals surface area contributed by atoms with Crippen molar-refractivity contribution in [3.05, 3.63) is 88.0 Å². The summed E-state index contributed by atoms with van der Waals surface area (Å²) in [5.74, 6) is -0.485. The van der Waals surface area contributed by atoms with E-state index in [-0.39, 0.29) is 12.5 Å². The smallest absolute Gasteiger partial charge is 0.282 e. The van der Waals surface area contributed by atoms with Crippen molar-refractivity contribution < 1.29 is 23.9 Å². The van der Waals surface area contributed by atoms with Crippen LogP contribution in [-0.4, -0.2) is 42.7 Å². The van der Waals surface area contributed by atoms with Crippen LogP contribution in [0.4, 0.5) is 5.69 Å². The lowest BCUT2D eigenvalue weighted by atomic mass is 10.1. The van der Waals surface area contributed by atoms with Crippen LogP contribution in [0.15, 0.2) is 59.7 Å². The zero-order chi connectivity index (χ0) is 25.1. The molecule has 0 bridgehead atoms. The number of fused-ring (bicyclic) bond motifs is 1. The molecule has 3 aromatic rings. The molecule has 1 aliphatic heterocycles. The number of hydrogen-bond acceptors (Lipinski definition) is 6.